The number of aromatic nitrogens is 16. The van der Waals surface area contributed by atoms with E-state index in [1.54, 1.807) is 48.5 Å². The van der Waals surface area contributed by atoms with E-state index in [0.717, 1.165) is 76.0 Å². The fraction of sp³-hybridized carbons (Fsp3) is 0.560. The van der Waals surface area contributed by atoms with Crippen LogP contribution in [0.25, 0.3) is 22.6 Å². The van der Waals surface area contributed by atoms with Gasteiger partial charge in [-0.05, 0) is 169 Å². The van der Waals surface area contributed by atoms with Crippen molar-refractivity contribution in [3.63, 3.8) is 0 Å². The Morgan fingerprint density at radius 2 is 0.806 bits per heavy atom. The third kappa shape index (κ3) is 27.6. The molecule has 2 amide bonds. The summed E-state index contributed by atoms with van der Waals surface area (Å²) in [5.41, 5.74) is 23.4. The molecule has 0 aliphatic heterocycles. The molecule has 134 heavy (non-hydrogen) atoms. The minimum Gasteiger partial charge on any atom is -0.451 e. The third-order valence-electron chi connectivity index (χ3n) is 25.9. The number of carbonyl (C=O) groups is 2. The second kappa shape index (κ2) is 47.1. The summed E-state index contributed by atoms with van der Waals surface area (Å²) in [6, 6.07) is 35.8. The van der Waals surface area contributed by atoms with Crippen LogP contribution >= 0.6 is 23.2 Å². The number of ether oxygens (including phenoxy) is 2. The number of rotatable bonds is 39. The molecule has 0 fully saturated rings. The number of nitrogens with one attached hydrogen (secondary N) is 5. The van der Waals surface area contributed by atoms with Crippen LogP contribution in [0.5, 0.6) is 23.0 Å². The number of H-pyrrole nitrogens is 4. The molecule has 25 heteroatoms. The van der Waals surface area contributed by atoms with Crippen LogP contribution in [0.1, 0.15) is 422 Å². The average Bonchev–Trinajstić information content (AvgIpc) is 1.61. The standard InChI is InChI=1S/C32H43N5O3.C30H55ClN4.C29H37N5O2.C18H23ClN4/c1-19(2)26(18-23-17-24(32(6,7)8)12-9-21(23)5)29-34-35-30-28(27(20(3)4)36-37(29)30)40-25-13-10-22(11-14-25)31(39)33-15-16-38;1-6-8-10-12-14-15-16-18-20-22-24-25(23-21-19-17-13-11-9-7-2)28-32-33-29-26(31)27(30(3,4)5)34-35(28)29;1-17-9-12-21(28(3,4)5)16-20(17)15-18(2)26-31-32-27-23(24(29(6,7)8)33-34(26)27)36-22-13-10-19(11-14-22)25(30)35;1-11-8-6-7-9-13(11)10-12(2)16-20-21-17-14(19)15(18(3,4)5)22-23(16)17/h9-14,17,19-20,26,36,38H,15-16,18H2,1-8H3,(H,33,39);25,34H,6-24H2,1-5H3;9-14,16,18,33H,15H2,1-8H3,(H2,30,35);6-9,12,22H,10H2,1-5H3. The van der Waals surface area contributed by atoms with Gasteiger partial charge in [-0.25, -0.2) is 18.1 Å². The fourth-order valence-corrected chi connectivity index (χ4v) is 18.2. The highest BCUT2D eigenvalue weighted by Gasteiger charge is 2.34. The largest absolute Gasteiger partial charge is 0.451 e. The number of carbonyl (C=O) groups excluding carboxylic acids is 2. The number of aromatic amines is 4. The number of aryl methyl sites for hydroxylation is 3. The third-order valence-corrected chi connectivity index (χ3v) is 26.6. The van der Waals surface area contributed by atoms with Gasteiger partial charge in [0.1, 0.15) is 21.5 Å². The molecule has 0 saturated heterocycles. The summed E-state index contributed by atoms with van der Waals surface area (Å²) in [5.74, 6) is 6.97. The Labute approximate surface area is 808 Å². The molecule has 0 radical (unpaired) electrons. The summed E-state index contributed by atoms with van der Waals surface area (Å²) in [6.45, 7) is 57.0. The molecule has 8 heterocycles. The molecular weight excluding hydrogens is 1710 g/mol. The molecule has 13 aromatic rings. The number of halogens is 2. The van der Waals surface area contributed by atoms with Crippen LogP contribution in [0, 0.1) is 26.7 Å². The van der Waals surface area contributed by atoms with E-state index >= 15 is 0 Å². The van der Waals surface area contributed by atoms with E-state index in [-0.39, 0.29) is 69.8 Å². The second-order valence-electron chi connectivity index (χ2n) is 43.2. The number of primary amides is 1. The van der Waals surface area contributed by atoms with Gasteiger partial charge in [-0.2, -0.15) is 0 Å². The lowest BCUT2D eigenvalue weighted by molar-refractivity contribution is 0.0943. The molecule has 0 bridgehead atoms. The quantitative estimate of drug-likeness (QED) is 0.0177. The summed E-state index contributed by atoms with van der Waals surface area (Å²) in [4.78, 5) is 23.6. The lowest BCUT2D eigenvalue weighted by Gasteiger charge is -2.24. The predicted octanol–water partition coefficient (Wildman–Crippen LogP) is 27.7. The van der Waals surface area contributed by atoms with Gasteiger partial charge in [0.15, 0.2) is 46.1 Å². The molecule has 0 saturated carbocycles. The molecular formula is C109H158Cl2N18O5. The van der Waals surface area contributed by atoms with Crippen molar-refractivity contribution in [3.05, 3.63) is 221 Å². The van der Waals surface area contributed by atoms with E-state index in [1.807, 2.05) is 13.5 Å². The van der Waals surface area contributed by atoms with Gasteiger partial charge in [-0.1, -0.05) is 352 Å². The van der Waals surface area contributed by atoms with Gasteiger partial charge in [0.2, 0.25) is 17.2 Å². The van der Waals surface area contributed by atoms with Crippen molar-refractivity contribution in [1.29, 1.82) is 0 Å². The van der Waals surface area contributed by atoms with Gasteiger partial charge in [-0.15, -0.1) is 40.8 Å². The topological polar surface area (TPSA) is 295 Å². The first-order valence-electron chi connectivity index (χ1n) is 49.5. The molecule has 8 aromatic heterocycles. The first-order chi connectivity index (χ1) is 63.3. The Bertz CT molecular complexity index is 5910. The average molecular weight is 1870 g/mol. The summed E-state index contributed by atoms with van der Waals surface area (Å²) < 4.78 is 20.6. The SMILES string of the molecule is CCCCCCCCCCCCC(CCCCCCCCC)c1nnc2c(Cl)c(C(C)(C)C)[nH]n12.Cc1ccc(C(C)(C)C)cc1CC(C)c1nnc2c(Oc3ccc(C(N)=O)cc3)c(C(C)(C)C)[nH]n12.Cc1ccc(C(C)(C)C)cc1CC(c1nnc2c(Oc3ccc(C(=O)NCCO)cc3)c(C(C)C)[nH]n12)C(C)C.Cc1ccccc1CC(C)c1nnc2c(Cl)c(C(C)(C)C)[nH]n12. The van der Waals surface area contributed by atoms with E-state index in [0.29, 0.717) is 67.9 Å². The lowest BCUT2D eigenvalue weighted by Crippen LogP contribution is -2.26. The van der Waals surface area contributed by atoms with Crippen LogP contribution < -0.4 is 20.5 Å². The van der Waals surface area contributed by atoms with Crippen molar-refractivity contribution in [2.45, 2.75) is 378 Å². The van der Waals surface area contributed by atoms with Crippen molar-refractivity contribution in [2.75, 3.05) is 13.2 Å². The van der Waals surface area contributed by atoms with Crippen LogP contribution in [-0.2, 0) is 46.3 Å². The van der Waals surface area contributed by atoms with Gasteiger partial charge < -0.3 is 25.6 Å². The number of amides is 2. The minimum atomic E-state index is -0.472. The molecule has 8 N–H and O–H groups in total. The molecule has 0 spiro atoms. The van der Waals surface area contributed by atoms with Crippen LogP contribution in [-0.4, -0.2) is 109 Å². The number of nitrogens with zero attached hydrogens (tertiary/aromatic N) is 12. The van der Waals surface area contributed by atoms with E-state index in [1.165, 1.54) is 167 Å². The number of unbranched alkanes of at least 4 members (excludes halogenated alkanes) is 15. The predicted molar refractivity (Wildman–Crippen MR) is 549 cm³/mol. The maximum atomic E-state index is 12.2. The smallest absolute Gasteiger partial charge is 0.251 e. The Hall–Kier alpha value is -10.1. The maximum Gasteiger partial charge on any atom is 0.251 e. The molecule has 5 aromatic carbocycles. The maximum absolute atomic E-state index is 12.2. The number of hydrogen-bond donors (Lipinski definition) is 7. The Balaban J connectivity index is 0.000000188. The van der Waals surface area contributed by atoms with Crippen LogP contribution in [0.4, 0.5) is 0 Å². The van der Waals surface area contributed by atoms with Crippen LogP contribution in [0.2, 0.25) is 10.0 Å². The van der Waals surface area contributed by atoms with E-state index in [9.17, 15) is 9.59 Å². The zero-order valence-corrected chi connectivity index (χ0v) is 87.1. The number of aliphatic hydroxyl groups is 1. The normalized spacial score (nSPS) is 13.2. The van der Waals surface area contributed by atoms with Crippen LogP contribution in [0.15, 0.2) is 109 Å². The van der Waals surface area contributed by atoms with Crippen molar-refractivity contribution >= 4 is 57.6 Å². The number of fused-ring (bicyclic) bond motifs is 4. The van der Waals surface area contributed by atoms with E-state index in [4.69, 9.17) is 43.5 Å². The number of benzene rings is 5. The first kappa shape index (κ1) is 106. The lowest BCUT2D eigenvalue weighted by atomic mass is 9.82. The molecule has 0 aliphatic carbocycles. The van der Waals surface area contributed by atoms with Gasteiger partial charge >= 0.3 is 0 Å². The highest BCUT2D eigenvalue weighted by atomic mass is 35.5. The van der Waals surface area contributed by atoms with Crippen LogP contribution in [0.3, 0.4) is 0 Å². The number of aliphatic hydroxyl groups excluding tert-OH is 1. The fourth-order valence-electron chi connectivity index (χ4n) is 17.3. The Morgan fingerprint density at radius 3 is 1.25 bits per heavy atom. The molecule has 728 valence electrons. The minimum absolute atomic E-state index is 0.0421. The molecule has 23 nitrogen and oxygen atoms in total. The first-order valence-corrected chi connectivity index (χ1v) is 50.3. The Morgan fingerprint density at radius 1 is 0.425 bits per heavy atom. The van der Waals surface area contributed by atoms with Gasteiger partial charge in [0.25, 0.3) is 5.91 Å². The van der Waals surface area contributed by atoms with E-state index < -0.39 is 5.91 Å². The number of nitrogens with two attached hydrogens (primary N) is 1. The second-order valence-corrected chi connectivity index (χ2v) is 43.9. The monoisotopic (exact) mass is 1870 g/mol. The molecule has 4 atom stereocenters. The summed E-state index contributed by atoms with van der Waals surface area (Å²) in [6.07, 6.45) is 28.3. The highest BCUT2D eigenvalue weighted by Crippen LogP contribution is 2.43. The Kier molecular flexibility index (Phi) is 37.2. The zero-order chi connectivity index (χ0) is 97.9. The molecule has 0 aliphatic rings. The van der Waals surface area contributed by atoms with Gasteiger partial charge in [-0.3, -0.25) is 30.0 Å². The van der Waals surface area contributed by atoms with E-state index in [2.05, 4.69) is 312 Å². The number of hydrogen-bond acceptors (Lipinski definition) is 13. The zero-order valence-electron chi connectivity index (χ0n) is 85.6. The summed E-state index contributed by atoms with van der Waals surface area (Å²) >= 11 is 13.2. The van der Waals surface area contributed by atoms with Gasteiger partial charge in [0.05, 0.1) is 29.4 Å². The van der Waals surface area contributed by atoms with Crippen molar-refractivity contribution in [3.8, 4) is 23.0 Å². The molecule has 4 unspecified atom stereocenters. The van der Waals surface area contributed by atoms with Gasteiger partial charge in [0, 0.05) is 57.6 Å². The molecule has 13 rings (SSSR count). The summed E-state index contributed by atoms with van der Waals surface area (Å²) in [5, 5.41) is 63.1. The van der Waals surface area contributed by atoms with Crippen molar-refractivity contribution in [2.24, 2.45) is 11.7 Å². The summed E-state index contributed by atoms with van der Waals surface area (Å²) in [7, 11) is 0. The highest BCUT2D eigenvalue weighted by molar-refractivity contribution is 6.34. The van der Waals surface area contributed by atoms with Crippen molar-refractivity contribution in [1.82, 2.24) is 84.6 Å². The van der Waals surface area contributed by atoms with Crippen molar-refractivity contribution < 1.29 is 24.2 Å².